The molecule has 0 bridgehead atoms. The van der Waals surface area contributed by atoms with Crippen LogP contribution in [0.2, 0.25) is 0 Å². The molecule has 0 aromatic rings. The zero-order chi connectivity index (χ0) is 15.6. The van der Waals surface area contributed by atoms with Gasteiger partial charge in [0, 0.05) is 13.1 Å². The summed E-state index contributed by atoms with van der Waals surface area (Å²) >= 11 is 0. The third-order valence-corrected chi connectivity index (χ3v) is 2.95. The van der Waals surface area contributed by atoms with Gasteiger partial charge in [0.1, 0.15) is 18.2 Å². The summed E-state index contributed by atoms with van der Waals surface area (Å²) in [5.41, 5.74) is -0.267. The maximum Gasteiger partial charge on any atom is 1.00 e. The molecule has 0 amide bonds. The SMILES string of the molecule is CCN(/C=C/C=C(\C#N)C(=O)OCCS(=O)(=O)[O-])CC.[Na+]. The van der Waals surface area contributed by atoms with E-state index >= 15 is 0 Å². The van der Waals surface area contributed by atoms with Crippen LogP contribution >= 0.6 is 0 Å². The van der Waals surface area contributed by atoms with Crippen LogP contribution in [0.5, 0.6) is 0 Å². The molecule has 0 N–H and O–H groups in total. The fourth-order valence-corrected chi connectivity index (χ4v) is 1.45. The van der Waals surface area contributed by atoms with E-state index in [1.165, 1.54) is 12.2 Å². The van der Waals surface area contributed by atoms with E-state index in [0.717, 1.165) is 13.1 Å². The van der Waals surface area contributed by atoms with E-state index in [0.29, 0.717) is 0 Å². The molecular weight excluding hydrogens is 307 g/mol. The van der Waals surface area contributed by atoms with Crippen molar-refractivity contribution < 1.29 is 52.1 Å². The van der Waals surface area contributed by atoms with E-state index in [9.17, 15) is 17.8 Å². The summed E-state index contributed by atoms with van der Waals surface area (Å²) in [4.78, 5) is 13.4. The molecule has 0 spiro atoms. The fourth-order valence-electron chi connectivity index (χ4n) is 1.16. The Morgan fingerprint density at radius 3 is 2.38 bits per heavy atom. The Morgan fingerprint density at radius 1 is 1.38 bits per heavy atom. The molecule has 0 rings (SSSR count). The van der Waals surface area contributed by atoms with E-state index in [1.807, 2.05) is 18.7 Å². The second-order valence-electron chi connectivity index (χ2n) is 3.65. The molecule has 0 saturated heterocycles. The molecule has 0 radical (unpaired) electrons. The number of nitriles is 1. The van der Waals surface area contributed by atoms with E-state index in [2.05, 4.69) is 4.74 Å². The van der Waals surface area contributed by atoms with E-state index in [1.54, 1.807) is 12.3 Å². The summed E-state index contributed by atoms with van der Waals surface area (Å²) < 4.78 is 35.5. The molecule has 0 saturated carbocycles. The molecule has 0 heterocycles. The molecule has 0 fully saturated rings. The summed E-state index contributed by atoms with van der Waals surface area (Å²) in [6.07, 6.45) is 4.51. The molecule has 112 valence electrons. The Bertz CT molecular complexity index is 518. The molecule has 0 unspecified atom stereocenters. The van der Waals surface area contributed by atoms with Gasteiger partial charge in [-0.2, -0.15) is 5.26 Å². The maximum absolute atomic E-state index is 11.4. The molecule has 0 atom stereocenters. The van der Waals surface area contributed by atoms with Gasteiger partial charge in [-0.3, -0.25) is 0 Å². The molecule has 7 nitrogen and oxygen atoms in total. The monoisotopic (exact) mass is 324 g/mol. The largest absolute Gasteiger partial charge is 1.00 e. The van der Waals surface area contributed by atoms with Gasteiger partial charge in [0.05, 0.1) is 15.9 Å². The van der Waals surface area contributed by atoms with Crippen molar-refractivity contribution in [2.45, 2.75) is 13.8 Å². The predicted molar refractivity (Wildman–Crippen MR) is 71.3 cm³/mol. The van der Waals surface area contributed by atoms with Crippen LogP contribution in [0, 0.1) is 11.3 Å². The van der Waals surface area contributed by atoms with E-state index in [4.69, 9.17) is 5.26 Å². The molecule has 21 heavy (non-hydrogen) atoms. The number of hydrogen-bond acceptors (Lipinski definition) is 7. The smallest absolute Gasteiger partial charge is 0.748 e. The van der Waals surface area contributed by atoms with Gasteiger partial charge < -0.3 is 14.2 Å². The minimum atomic E-state index is -4.44. The summed E-state index contributed by atoms with van der Waals surface area (Å²) in [5.74, 6) is -1.77. The molecule has 0 aromatic carbocycles. The van der Waals surface area contributed by atoms with Crippen molar-refractivity contribution in [2.75, 3.05) is 25.4 Å². The number of rotatable bonds is 8. The second kappa shape index (κ2) is 11.8. The Hall–Kier alpha value is -0.850. The molecule has 0 aliphatic carbocycles. The van der Waals surface area contributed by atoms with Gasteiger partial charge in [-0.15, -0.1) is 0 Å². The number of carbonyl (C=O) groups is 1. The standard InChI is InChI=1S/C12H18N2O5S.Na/c1-3-14(4-2)7-5-6-11(10-13)12(15)19-8-9-20(16,17)18;/h5-7H,3-4,8-9H2,1-2H3,(H,16,17,18);/q;+1/p-1/b7-5+,11-6+;. The third kappa shape index (κ3) is 11.5. The van der Waals surface area contributed by atoms with Crippen LogP contribution in [0.3, 0.4) is 0 Å². The van der Waals surface area contributed by atoms with Crippen LogP contribution in [0.25, 0.3) is 0 Å². The van der Waals surface area contributed by atoms with Crippen LogP contribution in [-0.2, 0) is 19.6 Å². The molecule has 0 aromatic heterocycles. The van der Waals surface area contributed by atoms with Gasteiger partial charge in [-0.1, -0.05) is 0 Å². The first kappa shape index (κ1) is 22.4. The van der Waals surface area contributed by atoms with Gasteiger partial charge in [-0.05, 0) is 32.2 Å². The molecule has 9 heteroatoms. The molecular formula is C12H17N2NaO5S. The number of nitrogens with zero attached hydrogens (tertiary/aromatic N) is 2. The first-order chi connectivity index (χ1) is 9.34. The average Bonchev–Trinajstić information content (AvgIpc) is 2.37. The van der Waals surface area contributed by atoms with Gasteiger partial charge in [0.15, 0.2) is 0 Å². The number of hydrogen-bond donors (Lipinski definition) is 0. The Balaban J connectivity index is 0. The Kier molecular flexibility index (Phi) is 12.6. The zero-order valence-electron chi connectivity index (χ0n) is 12.4. The zero-order valence-corrected chi connectivity index (χ0v) is 15.2. The first-order valence-corrected chi connectivity index (χ1v) is 7.55. The van der Waals surface area contributed by atoms with Crippen molar-refractivity contribution in [1.82, 2.24) is 4.90 Å². The number of esters is 1. The average molecular weight is 324 g/mol. The molecule has 0 aliphatic rings. The third-order valence-electron chi connectivity index (χ3n) is 2.28. The van der Waals surface area contributed by atoms with Gasteiger partial charge in [0.2, 0.25) is 0 Å². The van der Waals surface area contributed by atoms with Crippen molar-refractivity contribution in [3.05, 3.63) is 23.9 Å². The second-order valence-corrected chi connectivity index (χ2v) is 5.18. The van der Waals surface area contributed by atoms with Gasteiger partial charge >= 0.3 is 35.5 Å². The van der Waals surface area contributed by atoms with Gasteiger partial charge in [-0.25, -0.2) is 13.2 Å². The Labute approximate surface area is 147 Å². The summed E-state index contributed by atoms with van der Waals surface area (Å²) in [6, 6.07) is 1.65. The summed E-state index contributed by atoms with van der Waals surface area (Å²) in [7, 11) is -4.44. The van der Waals surface area contributed by atoms with Crippen molar-refractivity contribution in [1.29, 1.82) is 5.26 Å². The molecule has 0 aliphatic heterocycles. The summed E-state index contributed by atoms with van der Waals surface area (Å²) in [6.45, 7) is 4.92. The normalized spacial score (nSPS) is 11.6. The van der Waals surface area contributed by atoms with Crippen molar-refractivity contribution in [3.63, 3.8) is 0 Å². The number of allylic oxidation sites excluding steroid dienone is 2. The predicted octanol–water partition coefficient (Wildman–Crippen LogP) is -2.62. The maximum atomic E-state index is 11.4. The topological polar surface area (TPSA) is 111 Å². The van der Waals surface area contributed by atoms with Crippen LogP contribution in [-0.4, -0.2) is 49.3 Å². The van der Waals surface area contributed by atoms with E-state index < -0.39 is 28.4 Å². The van der Waals surface area contributed by atoms with Crippen molar-refractivity contribution in [3.8, 4) is 6.07 Å². The number of carbonyl (C=O) groups excluding carboxylic acids is 1. The quantitative estimate of drug-likeness (QED) is 0.120. The van der Waals surface area contributed by atoms with Crippen LogP contribution in [0.1, 0.15) is 13.8 Å². The fraction of sp³-hybridized carbons (Fsp3) is 0.500. The van der Waals surface area contributed by atoms with Crippen LogP contribution in [0.15, 0.2) is 23.9 Å². The summed E-state index contributed by atoms with van der Waals surface area (Å²) in [5, 5.41) is 8.79. The van der Waals surface area contributed by atoms with Crippen LogP contribution < -0.4 is 29.6 Å². The number of ether oxygens (including phenoxy) is 1. The Morgan fingerprint density at radius 2 is 1.95 bits per heavy atom. The van der Waals surface area contributed by atoms with E-state index in [-0.39, 0.29) is 35.1 Å². The minimum absolute atomic E-state index is 0. The van der Waals surface area contributed by atoms with Crippen molar-refractivity contribution in [2.24, 2.45) is 0 Å². The van der Waals surface area contributed by atoms with Gasteiger partial charge in [0.25, 0.3) is 0 Å². The van der Waals surface area contributed by atoms with Crippen molar-refractivity contribution >= 4 is 16.1 Å². The van der Waals surface area contributed by atoms with Crippen LogP contribution in [0.4, 0.5) is 0 Å². The first-order valence-electron chi connectivity index (χ1n) is 5.97. The minimum Gasteiger partial charge on any atom is -0.748 e.